The number of nitrogens with one attached hydrogen (secondary N) is 1. The van der Waals surface area contributed by atoms with E-state index in [0.717, 1.165) is 12.2 Å². The van der Waals surface area contributed by atoms with E-state index in [4.69, 9.17) is 0 Å². The fourth-order valence-electron chi connectivity index (χ4n) is 2.65. The van der Waals surface area contributed by atoms with Gasteiger partial charge in [-0.3, -0.25) is 0 Å². The van der Waals surface area contributed by atoms with Gasteiger partial charge in [0, 0.05) is 18.4 Å². The third-order valence-electron chi connectivity index (χ3n) is 3.93. The first kappa shape index (κ1) is 13.8. The van der Waals surface area contributed by atoms with Gasteiger partial charge < -0.3 is 10.1 Å². The summed E-state index contributed by atoms with van der Waals surface area (Å²) in [5.74, 6) is -0.396. The van der Waals surface area contributed by atoms with Crippen molar-refractivity contribution in [3.05, 3.63) is 24.0 Å². The Bertz CT molecular complexity index is 440. The number of hydrogen-bond donors (Lipinski definition) is 1. The zero-order valence-corrected chi connectivity index (χ0v) is 11.7. The maximum absolute atomic E-state index is 11.4. The zero-order valence-electron chi connectivity index (χ0n) is 11.7. The van der Waals surface area contributed by atoms with Gasteiger partial charge >= 0.3 is 5.97 Å². The number of pyridine rings is 1. The van der Waals surface area contributed by atoms with Crippen LogP contribution in [0.25, 0.3) is 0 Å². The lowest BCUT2D eigenvalue weighted by atomic mass is 9.76. The Hall–Kier alpha value is -1.58. The third-order valence-corrected chi connectivity index (χ3v) is 3.93. The van der Waals surface area contributed by atoms with Gasteiger partial charge in [0.15, 0.2) is 0 Å². The van der Waals surface area contributed by atoms with E-state index in [0.29, 0.717) is 11.1 Å². The zero-order chi connectivity index (χ0) is 13.7. The SMILES string of the molecule is COC(=O)c1cc(NCC2(C)CCCCC2)ccn1. The molecule has 1 aromatic rings. The Morgan fingerprint density at radius 1 is 1.42 bits per heavy atom. The summed E-state index contributed by atoms with van der Waals surface area (Å²) in [6, 6.07) is 3.64. The van der Waals surface area contributed by atoms with Crippen LogP contribution in [-0.2, 0) is 4.74 Å². The van der Waals surface area contributed by atoms with Crippen LogP contribution in [-0.4, -0.2) is 24.6 Å². The van der Waals surface area contributed by atoms with Crippen LogP contribution in [0.1, 0.15) is 49.5 Å². The fourth-order valence-corrected chi connectivity index (χ4v) is 2.65. The summed E-state index contributed by atoms with van der Waals surface area (Å²) in [5.41, 5.74) is 1.65. The largest absolute Gasteiger partial charge is 0.464 e. The minimum Gasteiger partial charge on any atom is -0.464 e. The lowest BCUT2D eigenvalue weighted by Crippen LogP contribution is -2.28. The molecular formula is C15H22N2O2. The summed E-state index contributed by atoms with van der Waals surface area (Å²) in [7, 11) is 1.37. The normalized spacial score (nSPS) is 17.8. The summed E-state index contributed by atoms with van der Waals surface area (Å²) in [5, 5.41) is 3.43. The van der Waals surface area contributed by atoms with Gasteiger partial charge in [-0.15, -0.1) is 0 Å². The summed E-state index contributed by atoms with van der Waals surface area (Å²) in [6.07, 6.45) is 8.18. The molecule has 0 atom stereocenters. The molecular weight excluding hydrogens is 240 g/mol. The van der Waals surface area contributed by atoms with Crippen LogP contribution in [0.5, 0.6) is 0 Å². The predicted molar refractivity (Wildman–Crippen MR) is 75.3 cm³/mol. The molecule has 0 amide bonds. The van der Waals surface area contributed by atoms with E-state index >= 15 is 0 Å². The van der Waals surface area contributed by atoms with E-state index < -0.39 is 5.97 Å². The van der Waals surface area contributed by atoms with Crippen LogP contribution in [0.15, 0.2) is 18.3 Å². The lowest BCUT2D eigenvalue weighted by molar-refractivity contribution is 0.0594. The third kappa shape index (κ3) is 3.69. The van der Waals surface area contributed by atoms with Crippen LogP contribution in [0.2, 0.25) is 0 Å². The molecule has 0 spiro atoms. The monoisotopic (exact) mass is 262 g/mol. The quantitative estimate of drug-likeness (QED) is 0.846. The molecule has 0 saturated heterocycles. The maximum Gasteiger partial charge on any atom is 0.356 e. The second-order valence-corrected chi connectivity index (χ2v) is 5.65. The molecule has 104 valence electrons. The smallest absolute Gasteiger partial charge is 0.356 e. The van der Waals surface area contributed by atoms with Gasteiger partial charge in [-0.25, -0.2) is 9.78 Å². The first-order chi connectivity index (χ1) is 9.13. The van der Waals surface area contributed by atoms with Crippen molar-refractivity contribution in [2.75, 3.05) is 19.0 Å². The van der Waals surface area contributed by atoms with Gasteiger partial charge in [0.2, 0.25) is 0 Å². The van der Waals surface area contributed by atoms with Gasteiger partial charge in [0.05, 0.1) is 7.11 Å². The highest BCUT2D eigenvalue weighted by Crippen LogP contribution is 2.35. The van der Waals surface area contributed by atoms with Crippen molar-refractivity contribution in [1.82, 2.24) is 4.98 Å². The number of anilines is 1. The minimum atomic E-state index is -0.396. The van der Waals surface area contributed by atoms with E-state index in [9.17, 15) is 4.79 Å². The second-order valence-electron chi connectivity index (χ2n) is 5.65. The van der Waals surface area contributed by atoms with E-state index in [1.807, 2.05) is 6.07 Å². The van der Waals surface area contributed by atoms with Gasteiger partial charge in [-0.05, 0) is 30.4 Å². The number of aromatic nitrogens is 1. The van der Waals surface area contributed by atoms with Crippen LogP contribution < -0.4 is 5.32 Å². The average Bonchev–Trinajstić information content (AvgIpc) is 2.45. The van der Waals surface area contributed by atoms with Crippen molar-refractivity contribution in [2.45, 2.75) is 39.0 Å². The Labute approximate surface area is 114 Å². The number of esters is 1. The molecule has 1 heterocycles. The van der Waals surface area contributed by atoms with Gasteiger partial charge in [0.1, 0.15) is 5.69 Å². The molecule has 0 aliphatic heterocycles. The van der Waals surface area contributed by atoms with Crippen molar-refractivity contribution in [3.63, 3.8) is 0 Å². The molecule has 2 rings (SSSR count). The summed E-state index contributed by atoms with van der Waals surface area (Å²) >= 11 is 0. The molecule has 0 unspecified atom stereocenters. The number of carbonyl (C=O) groups excluding carboxylic acids is 1. The topological polar surface area (TPSA) is 51.2 Å². The second kappa shape index (κ2) is 6.04. The van der Waals surface area contributed by atoms with E-state index in [2.05, 4.69) is 22.0 Å². The number of carbonyl (C=O) groups is 1. The molecule has 1 aliphatic carbocycles. The van der Waals surface area contributed by atoms with Crippen LogP contribution in [0.4, 0.5) is 5.69 Å². The van der Waals surface area contributed by atoms with E-state index in [1.165, 1.54) is 39.2 Å². The molecule has 1 N–H and O–H groups in total. The highest BCUT2D eigenvalue weighted by molar-refractivity contribution is 5.88. The predicted octanol–water partition coefficient (Wildman–Crippen LogP) is 3.25. The highest BCUT2D eigenvalue weighted by atomic mass is 16.5. The van der Waals surface area contributed by atoms with E-state index in [-0.39, 0.29) is 0 Å². The van der Waals surface area contributed by atoms with Gasteiger partial charge in [-0.2, -0.15) is 0 Å². The fraction of sp³-hybridized carbons (Fsp3) is 0.600. The van der Waals surface area contributed by atoms with Crippen molar-refractivity contribution in [3.8, 4) is 0 Å². The molecule has 1 saturated carbocycles. The Morgan fingerprint density at radius 2 is 2.16 bits per heavy atom. The first-order valence-corrected chi connectivity index (χ1v) is 6.91. The standard InChI is InChI=1S/C15H22N2O2/c1-15(7-4-3-5-8-15)11-17-12-6-9-16-13(10-12)14(18)19-2/h6,9-10H,3-5,7-8,11H2,1-2H3,(H,16,17). The maximum atomic E-state index is 11.4. The molecule has 4 heteroatoms. The molecule has 1 aromatic heterocycles. The Balaban J connectivity index is 1.97. The van der Waals surface area contributed by atoms with Crippen molar-refractivity contribution < 1.29 is 9.53 Å². The molecule has 19 heavy (non-hydrogen) atoms. The highest BCUT2D eigenvalue weighted by Gasteiger charge is 2.26. The number of hydrogen-bond acceptors (Lipinski definition) is 4. The van der Waals surface area contributed by atoms with Crippen LogP contribution >= 0.6 is 0 Å². The van der Waals surface area contributed by atoms with Crippen molar-refractivity contribution in [1.29, 1.82) is 0 Å². The Kier molecular flexibility index (Phi) is 4.40. The Morgan fingerprint density at radius 3 is 2.84 bits per heavy atom. The summed E-state index contributed by atoms with van der Waals surface area (Å²) < 4.78 is 4.68. The van der Waals surface area contributed by atoms with Crippen LogP contribution in [0, 0.1) is 5.41 Å². The van der Waals surface area contributed by atoms with Crippen LogP contribution in [0.3, 0.4) is 0 Å². The summed E-state index contributed by atoms with van der Waals surface area (Å²) in [6.45, 7) is 3.28. The number of nitrogens with zero attached hydrogens (tertiary/aromatic N) is 1. The minimum absolute atomic E-state index is 0.348. The summed E-state index contributed by atoms with van der Waals surface area (Å²) in [4.78, 5) is 15.4. The first-order valence-electron chi connectivity index (χ1n) is 6.91. The average molecular weight is 262 g/mol. The van der Waals surface area contributed by atoms with Gasteiger partial charge in [-0.1, -0.05) is 26.2 Å². The number of rotatable bonds is 4. The van der Waals surface area contributed by atoms with Crippen molar-refractivity contribution in [2.24, 2.45) is 5.41 Å². The molecule has 1 aliphatic rings. The lowest BCUT2D eigenvalue weighted by Gasteiger charge is -2.34. The molecule has 1 fully saturated rings. The van der Waals surface area contributed by atoms with E-state index in [1.54, 1.807) is 12.3 Å². The number of ether oxygens (including phenoxy) is 1. The molecule has 0 radical (unpaired) electrons. The molecule has 0 bridgehead atoms. The molecule has 4 nitrogen and oxygen atoms in total. The molecule has 0 aromatic carbocycles. The van der Waals surface area contributed by atoms with Gasteiger partial charge in [0.25, 0.3) is 0 Å². The number of methoxy groups -OCH3 is 1. The van der Waals surface area contributed by atoms with Crippen molar-refractivity contribution >= 4 is 11.7 Å².